The van der Waals surface area contributed by atoms with Gasteiger partial charge in [0.2, 0.25) is 9.47 Å². The number of hydrogen-bond acceptors (Lipinski definition) is 4. The van der Waals surface area contributed by atoms with Gasteiger partial charge >= 0.3 is 0 Å². The lowest BCUT2D eigenvalue weighted by Crippen LogP contribution is -2.37. The van der Waals surface area contributed by atoms with Gasteiger partial charge in [0.15, 0.2) is 0 Å². The van der Waals surface area contributed by atoms with Crippen LogP contribution in [0.2, 0.25) is 4.47 Å². The van der Waals surface area contributed by atoms with Crippen LogP contribution in [0, 0.1) is 5.92 Å². The molecule has 84 valence electrons. The fourth-order valence-corrected chi connectivity index (χ4v) is 2.00. The topological polar surface area (TPSA) is 54.9 Å². The molecule has 4 nitrogen and oxygen atoms in total. The van der Waals surface area contributed by atoms with Crippen LogP contribution in [0.3, 0.4) is 0 Å². The second-order valence-corrected chi connectivity index (χ2v) is 5.15. The van der Waals surface area contributed by atoms with Crippen LogP contribution < -0.4 is 5.32 Å². The van der Waals surface area contributed by atoms with E-state index in [9.17, 15) is 4.79 Å². The third-order valence-electron chi connectivity index (χ3n) is 2.16. The predicted molar refractivity (Wildman–Crippen MR) is 61.3 cm³/mol. The largest absolute Gasteiger partial charge is 0.347 e. The maximum absolute atomic E-state index is 11.7. The van der Waals surface area contributed by atoms with Gasteiger partial charge in [-0.15, -0.1) is 10.2 Å². The first-order chi connectivity index (χ1) is 7.04. The molecular formula is C9H14ClN3OS. The molecule has 1 heterocycles. The van der Waals surface area contributed by atoms with Crippen LogP contribution in [0.1, 0.15) is 37.0 Å². The minimum atomic E-state index is -0.194. The van der Waals surface area contributed by atoms with E-state index in [1.54, 1.807) is 0 Å². The van der Waals surface area contributed by atoms with Crippen molar-refractivity contribution in [2.75, 3.05) is 0 Å². The van der Waals surface area contributed by atoms with E-state index in [1.807, 2.05) is 6.92 Å². The van der Waals surface area contributed by atoms with Crippen LogP contribution in [0.15, 0.2) is 0 Å². The average Bonchev–Trinajstić information content (AvgIpc) is 2.60. The smallest absolute Gasteiger partial charge is 0.282 e. The molecule has 0 aliphatic carbocycles. The van der Waals surface area contributed by atoms with Gasteiger partial charge in [0, 0.05) is 6.04 Å². The molecule has 0 aliphatic rings. The van der Waals surface area contributed by atoms with Crippen molar-refractivity contribution in [3.63, 3.8) is 0 Å². The number of carbonyl (C=O) groups is 1. The normalized spacial score (nSPS) is 12.9. The Bertz CT molecular complexity index is 340. The zero-order valence-electron chi connectivity index (χ0n) is 8.95. The van der Waals surface area contributed by atoms with E-state index in [2.05, 4.69) is 29.4 Å². The van der Waals surface area contributed by atoms with E-state index < -0.39 is 0 Å². The molecule has 1 aromatic rings. The van der Waals surface area contributed by atoms with Crippen molar-refractivity contribution in [2.45, 2.75) is 33.2 Å². The second kappa shape index (κ2) is 5.42. The summed E-state index contributed by atoms with van der Waals surface area (Å²) in [6, 6.07) is 0.167. The lowest BCUT2D eigenvalue weighted by atomic mass is 10.0. The van der Waals surface area contributed by atoms with Gasteiger partial charge < -0.3 is 5.32 Å². The fourth-order valence-electron chi connectivity index (χ4n) is 1.27. The molecule has 0 spiro atoms. The highest BCUT2D eigenvalue weighted by Gasteiger charge is 2.18. The molecule has 0 bridgehead atoms. The van der Waals surface area contributed by atoms with Crippen molar-refractivity contribution in [2.24, 2.45) is 5.92 Å². The molecule has 6 heteroatoms. The number of nitrogens with zero attached hydrogens (tertiary/aromatic N) is 2. The zero-order valence-corrected chi connectivity index (χ0v) is 10.5. The Morgan fingerprint density at radius 2 is 2.20 bits per heavy atom. The third-order valence-corrected chi connectivity index (χ3v) is 3.17. The van der Waals surface area contributed by atoms with Crippen LogP contribution in [-0.2, 0) is 0 Å². The van der Waals surface area contributed by atoms with Crippen molar-refractivity contribution in [1.82, 2.24) is 15.5 Å². The maximum atomic E-state index is 11.7. The summed E-state index contributed by atoms with van der Waals surface area (Å²) >= 11 is 6.69. The molecule has 1 atom stereocenters. The minimum Gasteiger partial charge on any atom is -0.347 e. The third kappa shape index (κ3) is 3.43. The van der Waals surface area contributed by atoms with E-state index in [4.69, 9.17) is 11.6 Å². The van der Waals surface area contributed by atoms with Crippen molar-refractivity contribution < 1.29 is 4.79 Å². The molecule has 0 aliphatic heterocycles. The number of amides is 1. The molecule has 1 unspecified atom stereocenters. The molecular weight excluding hydrogens is 234 g/mol. The summed E-state index contributed by atoms with van der Waals surface area (Å²) in [5.74, 6) is 0.210. The van der Waals surface area contributed by atoms with Crippen molar-refractivity contribution >= 4 is 28.8 Å². The molecule has 1 amide bonds. The highest BCUT2D eigenvalue weighted by atomic mass is 35.5. The summed E-state index contributed by atoms with van der Waals surface area (Å²) in [5, 5.41) is 10.5. The standard InChI is InChI=1S/C9H14ClN3OS/c1-4-6(5(2)3)11-7(14)8-12-13-9(10)15-8/h5-6H,4H2,1-3H3,(H,11,14). The van der Waals surface area contributed by atoms with Gasteiger partial charge in [0.05, 0.1) is 0 Å². The monoisotopic (exact) mass is 247 g/mol. The molecule has 0 saturated heterocycles. The SMILES string of the molecule is CCC(NC(=O)c1nnc(Cl)s1)C(C)C. The number of aromatic nitrogens is 2. The van der Waals surface area contributed by atoms with Crippen LogP contribution in [0.25, 0.3) is 0 Å². The summed E-state index contributed by atoms with van der Waals surface area (Å²) in [4.78, 5) is 11.7. The second-order valence-electron chi connectivity index (χ2n) is 3.59. The Morgan fingerprint density at radius 3 is 2.60 bits per heavy atom. The van der Waals surface area contributed by atoms with E-state index >= 15 is 0 Å². The molecule has 0 aromatic carbocycles. The first-order valence-electron chi connectivity index (χ1n) is 4.84. The van der Waals surface area contributed by atoms with Gasteiger partial charge in [-0.25, -0.2) is 0 Å². The summed E-state index contributed by atoms with van der Waals surface area (Å²) in [6.45, 7) is 6.18. The number of hydrogen-bond donors (Lipinski definition) is 1. The van der Waals surface area contributed by atoms with Gasteiger partial charge in [-0.2, -0.15) is 0 Å². The Morgan fingerprint density at radius 1 is 1.53 bits per heavy atom. The van der Waals surface area contributed by atoms with Crippen LogP contribution >= 0.6 is 22.9 Å². The number of rotatable bonds is 4. The number of halogens is 1. The number of carbonyl (C=O) groups excluding carboxylic acids is 1. The van der Waals surface area contributed by atoms with Crippen molar-refractivity contribution in [3.05, 3.63) is 9.47 Å². The van der Waals surface area contributed by atoms with Crippen LogP contribution in [0.4, 0.5) is 0 Å². The summed E-state index contributed by atoms with van der Waals surface area (Å²) < 4.78 is 0.290. The van der Waals surface area contributed by atoms with Crippen LogP contribution in [0.5, 0.6) is 0 Å². The van der Waals surface area contributed by atoms with E-state index in [-0.39, 0.29) is 16.4 Å². The molecule has 1 aromatic heterocycles. The molecule has 0 saturated carbocycles. The Kier molecular flexibility index (Phi) is 4.47. The van der Waals surface area contributed by atoms with Gasteiger partial charge in [-0.05, 0) is 23.9 Å². The molecule has 15 heavy (non-hydrogen) atoms. The summed E-state index contributed by atoms with van der Waals surface area (Å²) in [7, 11) is 0. The number of nitrogens with one attached hydrogen (secondary N) is 1. The van der Waals surface area contributed by atoms with Crippen molar-refractivity contribution in [3.8, 4) is 0 Å². The summed E-state index contributed by atoms with van der Waals surface area (Å²) in [6.07, 6.45) is 0.899. The average molecular weight is 248 g/mol. The highest BCUT2D eigenvalue weighted by Crippen LogP contribution is 2.15. The fraction of sp³-hybridized carbons (Fsp3) is 0.667. The molecule has 0 radical (unpaired) electrons. The van der Waals surface area contributed by atoms with Crippen molar-refractivity contribution in [1.29, 1.82) is 0 Å². The maximum Gasteiger partial charge on any atom is 0.282 e. The van der Waals surface area contributed by atoms with E-state index in [0.29, 0.717) is 10.9 Å². The lowest BCUT2D eigenvalue weighted by Gasteiger charge is -2.19. The Balaban J connectivity index is 2.62. The zero-order chi connectivity index (χ0) is 11.4. The van der Waals surface area contributed by atoms with Gasteiger partial charge in [0.1, 0.15) is 0 Å². The van der Waals surface area contributed by atoms with E-state index in [0.717, 1.165) is 17.8 Å². The van der Waals surface area contributed by atoms with Gasteiger partial charge in [-0.3, -0.25) is 4.79 Å². The Hall–Kier alpha value is -0.680. The first-order valence-corrected chi connectivity index (χ1v) is 6.04. The van der Waals surface area contributed by atoms with Crippen LogP contribution in [-0.4, -0.2) is 22.1 Å². The quantitative estimate of drug-likeness (QED) is 0.889. The molecule has 0 fully saturated rings. The first kappa shape index (κ1) is 12.4. The molecule has 1 N–H and O–H groups in total. The van der Waals surface area contributed by atoms with E-state index in [1.165, 1.54) is 0 Å². The Labute approximate surface area is 98.0 Å². The minimum absolute atomic E-state index is 0.167. The highest BCUT2D eigenvalue weighted by molar-refractivity contribution is 7.17. The van der Waals surface area contributed by atoms with Gasteiger partial charge in [0.25, 0.3) is 5.91 Å². The molecule has 1 rings (SSSR count). The predicted octanol–water partition coefficient (Wildman–Crippen LogP) is 2.36. The lowest BCUT2D eigenvalue weighted by molar-refractivity contribution is 0.0923. The summed E-state index contributed by atoms with van der Waals surface area (Å²) in [5.41, 5.74) is 0. The van der Waals surface area contributed by atoms with Gasteiger partial charge in [-0.1, -0.05) is 32.1 Å².